The normalized spacial score (nSPS) is 25.8. The fourth-order valence-electron chi connectivity index (χ4n) is 4.52. The van der Waals surface area contributed by atoms with E-state index in [1.165, 1.54) is 17.3 Å². The molecule has 0 saturated carbocycles. The summed E-state index contributed by atoms with van der Waals surface area (Å²) in [5.41, 5.74) is 3.25. The SMILES string of the molecule is CNC(=O)C1(n2cnc3c(NCc4cccc(C)c4)nc(Cl)nc32)SCC2OC(C)(C)OC21. The lowest BCUT2D eigenvalue weighted by Crippen LogP contribution is -2.53. The van der Waals surface area contributed by atoms with Crippen LogP contribution in [-0.2, 0) is 25.7 Å². The average molecular weight is 489 g/mol. The van der Waals surface area contributed by atoms with Crippen molar-refractivity contribution in [2.24, 2.45) is 0 Å². The molecule has 174 valence electrons. The van der Waals surface area contributed by atoms with Crippen molar-refractivity contribution in [1.82, 2.24) is 24.8 Å². The van der Waals surface area contributed by atoms with Crippen LogP contribution in [0.5, 0.6) is 0 Å². The van der Waals surface area contributed by atoms with Crippen molar-refractivity contribution in [3.8, 4) is 0 Å². The molecular formula is C22H25ClN6O3S. The highest BCUT2D eigenvalue weighted by Crippen LogP contribution is 2.52. The van der Waals surface area contributed by atoms with Gasteiger partial charge in [0.05, 0.1) is 6.33 Å². The minimum absolute atomic E-state index is 0.0616. The molecule has 0 spiro atoms. The highest BCUT2D eigenvalue weighted by molar-refractivity contribution is 8.01. The average Bonchev–Trinajstić information content (AvgIpc) is 3.42. The van der Waals surface area contributed by atoms with Crippen LogP contribution in [0.2, 0.25) is 5.28 Å². The first-order valence-corrected chi connectivity index (χ1v) is 12.0. The van der Waals surface area contributed by atoms with Crippen molar-refractivity contribution >= 4 is 46.3 Å². The molecule has 3 aromatic rings. The number of hydrogen-bond donors (Lipinski definition) is 2. The van der Waals surface area contributed by atoms with Crippen molar-refractivity contribution in [1.29, 1.82) is 0 Å². The number of nitrogens with one attached hydrogen (secondary N) is 2. The lowest BCUT2D eigenvalue weighted by Gasteiger charge is -2.33. The lowest BCUT2D eigenvalue weighted by atomic mass is 10.1. The van der Waals surface area contributed by atoms with Gasteiger partial charge in [0.1, 0.15) is 12.2 Å². The third kappa shape index (κ3) is 3.74. The highest BCUT2D eigenvalue weighted by atomic mass is 35.5. The van der Waals surface area contributed by atoms with E-state index in [0.717, 1.165) is 5.56 Å². The zero-order valence-corrected chi connectivity index (χ0v) is 20.3. The van der Waals surface area contributed by atoms with Gasteiger partial charge in [0.15, 0.2) is 22.8 Å². The van der Waals surface area contributed by atoms with Crippen LogP contribution in [-0.4, -0.2) is 56.2 Å². The quantitative estimate of drug-likeness (QED) is 0.528. The summed E-state index contributed by atoms with van der Waals surface area (Å²) in [4.78, 5) is 25.6. The van der Waals surface area contributed by atoms with E-state index >= 15 is 0 Å². The Balaban J connectivity index is 1.57. The van der Waals surface area contributed by atoms with Crippen LogP contribution < -0.4 is 10.6 Å². The number of aryl methyl sites for hydroxylation is 1. The summed E-state index contributed by atoms with van der Waals surface area (Å²) >= 11 is 7.76. The molecule has 2 saturated heterocycles. The summed E-state index contributed by atoms with van der Waals surface area (Å²) in [6.45, 7) is 6.29. The summed E-state index contributed by atoms with van der Waals surface area (Å²) in [6.07, 6.45) is 0.843. The van der Waals surface area contributed by atoms with E-state index < -0.39 is 16.8 Å². The first-order chi connectivity index (χ1) is 15.7. The molecule has 3 atom stereocenters. The van der Waals surface area contributed by atoms with Crippen molar-refractivity contribution in [2.75, 3.05) is 18.1 Å². The second-order valence-corrected chi connectivity index (χ2v) is 10.2. The van der Waals surface area contributed by atoms with Gasteiger partial charge in [0.25, 0.3) is 5.91 Å². The Labute approximate surface area is 200 Å². The molecule has 33 heavy (non-hydrogen) atoms. The predicted octanol–water partition coefficient (Wildman–Crippen LogP) is 3.07. The molecule has 2 aromatic heterocycles. The maximum absolute atomic E-state index is 13.3. The van der Waals surface area contributed by atoms with Crippen molar-refractivity contribution in [3.63, 3.8) is 0 Å². The molecule has 1 aromatic carbocycles. The summed E-state index contributed by atoms with van der Waals surface area (Å²) in [5, 5.41) is 6.16. The number of nitrogens with zero attached hydrogens (tertiary/aromatic N) is 4. The number of benzene rings is 1. The van der Waals surface area contributed by atoms with Gasteiger partial charge in [-0.1, -0.05) is 29.8 Å². The largest absolute Gasteiger partial charge is 0.364 e. The number of rotatable bonds is 5. The van der Waals surface area contributed by atoms with Gasteiger partial charge in [-0.2, -0.15) is 9.97 Å². The second kappa shape index (κ2) is 8.12. The summed E-state index contributed by atoms with van der Waals surface area (Å²) in [6, 6.07) is 8.19. The number of ether oxygens (including phenoxy) is 2. The topological polar surface area (TPSA) is 103 Å². The Morgan fingerprint density at radius 3 is 2.91 bits per heavy atom. The van der Waals surface area contributed by atoms with E-state index in [2.05, 4.69) is 31.7 Å². The van der Waals surface area contributed by atoms with E-state index in [1.807, 2.05) is 39.0 Å². The number of likely N-dealkylation sites (N-methyl/N-ethyl adjacent to an activating group) is 1. The van der Waals surface area contributed by atoms with Gasteiger partial charge in [0, 0.05) is 19.3 Å². The van der Waals surface area contributed by atoms with Gasteiger partial charge in [-0.15, -0.1) is 11.8 Å². The summed E-state index contributed by atoms with van der Waals surface area (Å²) in [5.74, 6) is 0.0859. The van der Waals surface area contributed by atoms with E-state index in [4.69, 9.17) is 21.1 Å². The third-order valence-corrected chi connectivity index (χ3v) is 7.58. The molecule has 0 bridgehead atoms. The molecular weight excluding hydrogens is 464 g/mol. The molecule has 2 N–H and O–H groups in total. The zero-order valence-electron chi connectivity index (χ0n) is 18.8. The van der Waals surface area contributed by atoms with Crippen LogP contribution in [0.1, 0.15) is 25.0 Å². The molecule has 2 fully saturated rings. The monoisotopic (exact) mass is 488 g/mol. The Morgan fingerprint density at radius 2 is 2.15 bits per heavy atom. The third-order valence-electron chi connectivity index (χ3n) is 5.86. The number of anilines is 1. The standard InChI is InChI=1S/C22H25ClN6O3S/c1-12-6-5-7-13(8-12)9-25-17-15-18(28-20(23)27-17)29(11-26-15)22(19(30)24-4)16-14(10-33-22)31-21(2,3)32-16/h5-8,11,14,16H,9-10H2,1-4H3,(H,24,30)(H,25,27,28). The number of aromatic nitrogens is 4. The zero-order chi connectivity index (χ0) is 23.4. The van der Waals surface area contributed by atoms with Gasteiger partial charge >= 0.3 is 0 Å². The minimum atomic E-state index is -1.15. The minimum Gasteiger partial charge on any atom is -0.364 e. The molecule has 4 heterocycles. The second-order valence-electron chi connectivity index (χ2n) is 8.65. The fraction of sp³-hybridized carbons (Fsp3) is 0.455. The van der Waals surface area contributed by atoms with Crippen LogP contribution in [0.3, 0.4) is 0 Å². The Hall–Kier alpha value is -2.40. The van der Waals surface area contributed by atoms with Crippen LogP contribution >= 0.6 is 23.4 Å². The van der Waals surface area contributed by atoms with Crippen LogP contribution in [0.4, 0.5) is 5.82 Å². The van der Waals surface area contributed by atoms with E-state index in [9.17, 15) is 4.79 Å². The molecule has 0 aliphatic carbocycles. The molecule has 9 nitrogen and oxygen atoms in total. The number of halogens is 1. The molecule has 2 aliphatic heterocycles. The van der Waals surface area contributed by atoms with Crippen molar-refractivity contribution in [2.45, 2.75) is 50.2 Å². The Morgan fingerprint density at radius 1 is 1.33 bits per heavy atom. The van der Waals surface area contributed by atoms with Gasteiger partial charge in [-0.05, 0) is 37.9 Å². The van der Waals surface area contributed by atoms with E-state index in [-0.39, 0.29) is 17.3 Å². The van der Waals surface area contributed by atoms with Crippen molar-refractivity contribution < 1.29 is 14.3 Å². The first kappa shape index (κ1) is 22.4. The van der Waals surface area contributed by atoms with Gasteiger partial charge in [-0.3, -0.25) is 9.36 Å². The number of amides is 1. The molecule has 2 aliphatic rings. The number of fused-ring (bicyclic) bond motifs is 2. The lowest BCUT2D eigenvalue weighted by molar-refractivity contribution is -0.155. The van der Waals surface area contributed by atoms with Crippen LogP contribution in [0, 0.1) is 6.92 Å². The molecule has 0 radical (unpaired) electrons. The van der Waals surface area contributed by atoms with Crippen molar-refractivity contribution in [3.05, 3.63) is 47.0 Å². The number of carbonyl (C=O) groups is 1. The fourth-order valence-corrected chi connectivity index (χ4v) is 6.21. The Kier molecular flexibility index (Phi) is 5.51. The maximum atomic E-state index is 13.3. The predicted molar refractivity (Wildman–Crippen MR) is 127 cm³/mol. The van der Waals surface area contributed by atoms with Gasteiger partial charge in [0.2, 0.25) is 10.2 Å². The number of carbonyl (C=O) groups excluding carboxylic acids is 1. The molecule has 11 heteroatoms. The number of hydrogen-bond acceptors (Lipinski definition) is 8. The maximum Gasteiger partial charge on any atom is 0.259 e. The highest BCUT2D eigenvalue weighted by Gasteiger charge is 2.63. The number of imidazole rings is 1. The smallest absolute Gasteiger partial charge is 0.259 e. The summed E-state index contributed by atoms with van der Waals surface area (Å²) in [7, 11) is 1.61. The molecule has 3 unspecified atom stereocenters. The molecule has 5 rings (SSSR count). The Bertz CT molecular complexity index is 1230. The van der Waals surface area contributed by atoms with Gasteiger partial charge < -0.3 is 20.1 Å². The van der Waals surface area contributed by atoms with Crippen LogP contribution in [0.25, 0.3) is 11.2 Å². The summed E-state index contributed by atoms with van der Waals surface area (Å²) < 4.78 is 14.0. The van der Waals surface area contributed by atoms with E-state index in [1.54, 1.807) is 17.9 Å². The molecule has 1 amide bonds. The first-order valence-electron chi connectivity index (χ1n) is 10.7. The van der Waals surface area contributed by atoms with E-state index in [0.29, 0.717) is 29.3 Å². The van der Waals surface area contributed by atoms with Gasteiger partial charge in [-0.25, -0.2) is 4.98 Å². The number of thioether (sulfide) groups is 1. The van der Waals surface area contributed by atoms with Crippen LogP contribution in [0.15, 0.2) is 30.6 Å².